The van der Waals surface area contributed by atoms with E-state index in [1.54, 1.807) is 12.7 Å². The minimum Gasteiger partial charge on any atom is -0.497 e. The number of benzene rings is 2. The van der Waals surface area contributed by atoms with Gasteiger partial charge in [0.25, 0.3) is 0 Å². The van der Waals surface area contributed by atoms with Crippen LogP contribution in [-0.4, -0.2) is 18.9 Å². The van der Waals surface area contributed by atoms with Crippen molar-refractivity contribution in [2.24, 2.45) is 56.7 Å². The lowest BCUT2D eigenvalue weighted by Gasteiger charge is -2.70. The van der Waals surface area contributed by atoms with Crippen molar-refractivity contribution in [3.63, 3.8) is 0 Å². The van der Waals surface area contributed by atoms with Gasteiger partial charge in [-0.25, -0.2) is 0 Å². The number of ether oxygens (including phenoxy) is 2. The first-order chi connectivity index (χ1) is 23.2. The second-order valence-electron chi connectivity index (χ2n) is 18.0. The number of fused-ring (bicyclic) bond motifs is 7. The Morgan fingerprint density at radius 1 is 0.878 bits per heavy atom. The summed E-state index contributed by atoms with van der Waals surface area (Å²) < 4.78 is 11.6. The second kappa shape index (κ2) is 12.0. The van der Waals surface area contributed by atoms with Gasteiger partial charge < -0.3 is 9.47 Å². The standard InChI is InChI=1S/C45H58O4/c1-29-20-23-45(40(47)49-28-32-12-10-9-11-13-32)25-24-43(6)35(38(45)30(29)2)18-19-37-42(5)27-33(26-31-14-16-34(48-8)17-15-31)39(46)41(3,4)36(42)21-22-44(37,43)7/h9-18,26,29-30,36-38H,19-25,27-28H2,1-8H3/t29-,30+,36+,37-,38?,42+,43-,44-,45?/m1/s1. The van der Waals surface area contributed by atoms with Crippen LogP contribution in [0.15, 0.2) is 71.8 Å². The Labute approximate surface area is 295 Å². The van der Waals surface area contributed by atoms with Crippen molar-refractivity contribution < 1.29 is 19.1 Å². The summed E-state index contributed by atoms with van der Waals surface area (Å²) in [5.41, 5.74) is 3.81. The van der Waals surface area contributed by atoms with Gasteiger partial charge in [-0.05, 0) is 132 Å². The van der Waals surface area contributed by atoms with E-state index in [2.05, 4.69) is 72.8 Å². The summed E-state index contributed by atoms with van der Waals surface area (Å²) in [6.07, 6.45) is 12.7. The van der Waals surface area contributed by atoms with E-state index in [1.807, 2.05) is 42.5 Å². The first-order valence-electron chi connectivity index (χ1n) is 19.0. The van der Waals surface area contributed by atoms with Gasteiger partial charge in [0, 0.05) is 5.41 Å². The zero-order valence-corrected chi connectivity index (χ0v) is 31.2. The maximum Gasteiger partial charge on any atom is 0.313 e. The predicted octanol–water partition coefficient (Wildman–Crippen LogP) is 10.7. The van der Waals surface area contributed by atoms with Crippen LogP contribution in [0.5, 0.6) is 5.75 Å². The fourth-order valence-corrected chi connectivity index (χ4v) is 12.6. The Hall–Kier alpha value is -3.14. The molecule has 262 valence electrons. The Bertz CT molecular complexity index is 1670. The van der Waals surface area contributed by atoms with Gasteiger partial charge in [0.05, 0.1) is 12.5 Å². The normalized spacial score (nSPS) is 40.2. The van der Waals surface area contributed by atoms with Crippen LogP contribution in [0.25, 0.3) is 6.08 Å². The number of rotatable bonds is 5. The molecule has 7 rings (SSSR count). The fraction of sp³-hybridized carbons (Fsp3) is 0.600. The molecule has 5 aliphatic carbocycles. The molecule has 0 radical (unpaired) electrons. The van der Waals surface area contributed by atoms with Gasteiger partial charge in [0.15, 0.2) is 5.78 Å². The summed E-state index contributed by atoms with van der Waals surface area (Å²) in [7, 11) is 1.69. The zero-order valence-electron chi connectivity index (χ0n) is 31.2. The second-order valence-corrected chi connectivity index (χ2v) is 18.0. The van der Waals surface area contributed by atoms with E-state index in [-0.39, 0.29) is 28.1 Å². The highest BCUT2D eigenvalue weighted by Gasteiger charge is 2.70. The van der Waals surface area contributed by atoms with Crippen molar-refractivity contribution >= 4 is 17.8 Å². The number of methoxy groups -OCH3 is 1. The smallest absolute Gasteiger partial charge is 0.313 e. The topological polar surface area (TPSA) is 52.6 Å². The molecule has 0 amide bonds. The van der Waals surface area contributed by atoms with E-state index >= 15 is 0 Å². The summed E-state index contributed by atoms with van der Waals surface area (Å²) >= 11 is 0. The number of allylic oxidation sites excluding steroid dienone is 3. The van der Waals surface area contributed by atoms with E-state index < -0.39 is 10.8 Å². The van der Waals surface area contributed by atoms with Crippen LogP contribution in [0, 0.1) is 56.7 Å². The van der Waals surface area contributed by atoms with Crippen LogP contribution in [0.3, 0.4) is 0 Å². The van der Waals surface area contributed by atoms with Crippen LogP contribution >= 0.6 is 0 Å². The third kappa shape index (κ3) is 5.04. The third-order valence-corrected chi connectivity index (χ3v) is 15.7. The lowest BCUT2D eigenvalue weighted by Crippen LogP contribution is -2.65. The summed E-state index contributed by atoms with van der Waals surface area (Å²) in [6, 6.07) is 18.2. The molecule has 4 saturated carbocycles. The number of carbonyl (C=O) groups excluding carboxylic acids is 2. The van der Waals surface area contributed by atoms with Crippen molar-refractivity contribution in [3.05, 3.63) is 82.9 Å². The number of carbonyl (C=O) groups is 2. The summed E-state index contributed by atoms with van der Waals surface area (Å²) in [5.74, 6) is 3.14. The van der Waals surface area contributed by atoms with E-state index in [1.165, 1.54) is 0 Å². The molecule has 4 nitrogen and oxygen atoms in total. The third-order valence-electron chi connectivity index (χ3n) is 15.7. The lowest BCUT2D eigenvalue weighted by molar-refractivity contribution is -0.189. The first kappa shape index (κ1) is 34.3. The molecule has 0 saturated heterocycles. The minimum atomic E-state index is -0.454. The SMILES string of the molecule is COc1ccc(C=C2C[C@]3(C)[C@H]4CC=C5C6[C@@H](C)[C@H](C)CCC6(C(=O)OCc6ccccc6)CC[C@@]5(C)[C@]4(C)CC[C@H]3C(C)(C)C2=O)cc1. The van der Waals surface area contributed by atoms with E-state index in [9.17, 15) is 9.59 Å². The Kier molecular flexibility index (Phi) is 8.39. The molecular weight excluding hydrogens is 604 g/mol. The molecule has 0 aliphatic heterocycles. The van der Waals surface area contributed by atoms with Crippen LogP contribution in [0.2, 0.25) is 0 Å². The highest BCUT2D eigenvalue weighted by molar-refractivity contribution is 6.04. The number of hydrogen-bond acceptors (Lipinski definition) is 4. The molecule has 4 fully saturated rings. The van der Waals surface area contributed by atoms with Gasteiger partial charge in [0.2, 0.25) is 0 Å². The van der Waals surface area contributed by atoms with Crippen molar-refractivity contribution in [1.82, 2.24) is 0 Å². The maximum absolute atomic E-state index is 14.4. The molecule has 5 aliphatic rings. The Balaban J connectivity index is 1.26. The maximum atomic E-state index is 14.4. The molecule has 0 aromatic heterocycles. The summed E-state index contributed by atoms with van der Waals surface area (Å²) in [6.45, 7) is 17.3. The number of esters is 1. The Morgan fingerprint density at radius 3 is 2.29 bits per heavy atom. The number of ketones is 1. The van der Waals surface area contributed by atoms with Gasteiger partial charge >= 0.3 is 5.97 Å². The fourth-order valence-electron chi connectivity index (χ4n) is 12.6. The van der Waals surface area contributed by atoms with E-state index in [4.69, 9.17) is 9.47 Å². The van der Waals surface area contributed by atoms with Crippen LogP contribution in [0.1, 0.15) is 111 Å². The Morgan fingerprint density at radius 2 is 1.59 bits per heavy atom. The van der Waals surface area contributed by atoms with Crippen LogP contribution in [0.4, 0.5) is 0 Å². The van der Waals surface area contributed by atoms with E-state index in [0.717, 1.165) is 73.8 Å². The van der Waals surface area contributed by atoms with Crippen molar-refractivity contribution in [2.75, 3.05) is 7.11 Å². The average Bonchev–Trinajstić information content (AvgIpc) is 3.08. The molecule has 2 aromatic rings. The van der Waals surface area contributed by atoms with Crippen molar-refractivity contribution in [3.8, 4) is 5.75 Å². The molecule has 2 unspecified atom stereocenters. The first-order valence-corrected chi connectivity index (χ1v) is 19.0. The molecule has 0 spiro atoms. The monoisotopic (exact) mass is 662 g/mol. The molecule has 0 N–H and O–H groups in total. The molecule has 0 heterocycles. The summed E-state index contributed by atoms with van der Waals surface area (Å²) in [4.78, 5) is 28.6. The average molecular weight is 663 g/mol. The van der Waals surface area contributed by atoms with Crippen LogP contribution in [-0.2, 0) is 20.9 Å². The quantitative estimate of drug-likeness (QED) is 0.182. The van der Waals surface area contributed by atoms with E-state index in [0.29, 0.717) is 36.1 Å². The summed E-state index contributed by atoms with van der Waals surface area (Å²) in [5, 5.41) is 0. The zero-order chi connectivity index (χ0) is 35.0. The molecular formula is C45H58O4. The van der Waals surface area contributed by atoms with Gasteiger partial charge in [-0.15, -0.1) is 0 Å². The molecule has 0 bridgehead atoms. The molecule has 49 heavy (non-hydrogen) atoms. The molecule has 9 atom stereocenters. The lowest BCUT2D eigenvalue weighted by atomic mass is 9.33. The van der Waals surface area contributed by atoms with Gasteiger partial charge in [-0.1, -0.05) is 103 Å². The highest BCUT2D eigenvalue weighted by Crippen LogP contribution is 2.76. The van der Waals surface area contributed by atoms with Crippen molar-refractivity contribution in [1.29, 1.82) is 0 Å². The molecule has 4 heteroatoms. The highest BCUT2D eigenvalue weighted by atomic mass is 16.5. The van der Waals surface area contributed by atoms with Crippen molar-refractivity contribution in [2.45, 2.75) is 106 Å². The van der Waals surface area contributed by atoms with Gasteiger partial charge in [-0.3, -0.25) is 9.59 Å². The largest absolute Gasteiger partial charge is 0.497 e. The van der Waals surface area contributed by atoms with Gasteiger partial charge in [-0.2, -0.15) is 0 Å². The predicted molar refractivity (Wildman–Crippen MR) is 197 cm³/mol. The number of Topliss-reactive ketones (excluding diaryl/α,β-unsaturated/α-hetero) is 1. The van der Waals surface area contributed by atoms with Gasteiger partial charge in [0.1, 0.15) is 12.4 Å². The van der Waals surface area contributed by atoms with Crippen LogP contribution < -0.4 is 4.74 Å². The number of hydrogen-bond donors (Lipinski definition) is 0. The minimum absolute atomic E-state index is 0.00540. The molecule has 2 aromatic carbocycles.